The van der Waals surface area contributed by atoms with E-state index in [9.17, 15) is 4.79 Å². The maximum atomic E-state index is 12.7. The first-order valence-electron chi connectivity index (χ1n) is 10.3. The number of carbonyl (C=O) groups excluding carboxylic acids is 1. The molecule has 5 nitrogen and oxygen atoms in total. The van der Waals surface area contributed by atoms with Crippen LogP contribution in [-0.2, 0) is 11.3 Å². The third-order valence-corrected chi connectivity index (χ3v) is 6.70. The van der Waals surface area contributed by atoms with Crippen molar-refractivity contribution in [2.45, 2.75) is 31.8 Å². The molecule has 1 amide bonds. The van der Waals surface area contributed by atoms with E-state index >= 15 is 0 Å². The smallest absolute Gasteiger partial charge is 0.260 e. The predicted octanol–water partition coefficient (Wildman–Crippen LogP) is 3.87. The fourth-order valence-corrected chi connectivity index (χ4v) is 4.93. The van der Waals surface area contributed by atoms with E-state index < -0.39 is 0 Å². The summed E-state index contributed by atoms with van der Waals surface area (Å²) in [5, 5.41) is 0.537. The highest BCUT2D eigenvalue weighted by molar-refractivity contribution is 6.32. The molecule has 1 aromatic heterocycles. The van der Waals surface area contributed by atoms with Crippen LogP contribution in [0.25, 0.3) is 0 Å². The quantitative estimate of drug-likeness (QED) is 0.721. The van der Waals surface area contributed by atoms with Gasteiger partial charge in [0.25, 0.3) is 5.91 Å². The molecule has 3 atom stereocenters. The van der Waals surface area contributed by atoms with Crippen molar-refractivity contribution in [2.75, 3.05) is 26.7 Å². The number of likely N-dealkylation sites (tertiary alicyclic amines) is 1. The molecule has 2 aromatic rings. The van der Waals surface area contributed by atoms with Crippen molar-refractivity contribution < 1.29 is 9.53 Å². The zero-order chi connectivity index (χ0) is 20.2. The molecule has 0 radical (unpaired) electrons. The van der Waals surface area contributed by atoms with E-state index in [4.69, 9.17) is 16.3 Å². The summed E-state index contributed by atoms with van der Waals surface area (Å²) < 4.78 is 5.65. The molecule has 0 bridgehead atoms. The molecular weight excluding hydrogens is 386 g/mol. The van der Waals surface area contributed by atoms with E-state index in [0.717, 1.165) is 32.5 Å². The number of rotatable bonds is 6. The lowest BCUT2D eigenvalue weighted by Gasteiger charge is -2.34. The van der Waals surface area contributed by atoms with Crippen LogP contribution in [0.5, 0.6) is 5.75 Å². The number of halogens is 1. The van der Waals surface area contributed by atoms with Gasteiger partial charge in [0.1, 0.15) is 5.75 Å². The standard InChI is InChI=1S/C23H28ClN3O2/c1-26(14-17-6-9-25-10-7-17)20-12-18-8-11-27(15-19(18)13-20)23(28)16-29-22-5-3-2-4-21(22)24/h2-7,9-10,18-20H,8,11-16H2,1H3/t18-,19-,20+/m1/s1. The van der Waals surface area contributed by atoms with E-state index in [1.807, 2.05) is 29.4 Å². The molecular formula is C23H28ClN3O2. The highest BCUT2D eigenvalue weighted by Crippen LogP contribution is 2.40. The summed E-state index contributed by atoms with van der Waals surface area (Å²) >= 11 is 6.11. The van der Waals surface area contributed by atoms with Crippen molar-refractivity contribution in [3.8, 4) is 5.75 Å². The molecule has 1 aromatic carbocycles. The lowest BCUT2D eigenvalue weighted by Crippen LogP contribution is -2.44. The fourth-order valence-electron chi connectivity index (χ4n) is 4.74. The number of amides is 1. The van der Waals surface area contributed by atoms with Crippen molar-refractivity contribution in [1.82, 2.24) is 14.8 Å². The molecule has 1 saturated carbocycles. The van der Waals surface area contributed by atoms with Crippen LogP contribution < -0.4 is 4.74 Å². The highest BCUT2D eigenvalue weighted by Gasteiger charge is 2.40. The zero-order valence-electron chi connectivity index (χ0n) is 16.8. The summed E-state index contributed by atoms with van der Waals surface area (Å²) in [5.41, 5.74) is 1.30. The van der Waals surface area contributed by atoms with Crippen molar-refractivity contribution in [1.29, 1.82) is 0 Å². The van der Waals surface area contributed by atoms with Crippen LogP contribution in [0.15, 0.2) is 48.8 Å². The Hall–Kier alpha value is -2.11. The van der Waals surface area contributed by atoms with Gasteiger partial charge in [0.15, 0.2) is 6.61 Å². The molecule has 4 rings (SSSR count). The van der Waals surface area contributed by atoms with Crippen LogP contribution in [0.1, 0.15) is 24.8 Å². The van der Waals surface area contributed by atoms with Gasteiger partial charge in [0.05, 0.1) is 5.02 Å². The van der Waals surface area contributed by atoms with Crippen molar-refractivity contribution in [3.05, 3.63) is 59.4 Å². The third kappa shape index (κ3) is 4.90. The Kier molecular flexibility index (Phi) is 6.36. The summed E-state index contributed by atoms with van der Waals surface area (Å²) in [4.78, 5) is 21.2. The Morgan fingerprint density at radius 1 is 1.21 bits per heavy atom. The number of aromatic nitrogens is 1. The summed E-state index contributed by atoms with van der Waals surface area (Å²) in [5.74, 6) is 1.92. The highest BCUT2D eigenvalue weighted by atomic mass is 35.5. The van der Waals surface area contributed by atoms with Crippen LogP contribution in [-0.4, -0.2) is 53.5 Å². The molecule has 29 heavy (non-hydrogen) atoms. The van der Waals surface area contributed by atoms with Gasteiger partial charge in [-0.05, 0) is 68.0 Å². The zero-order valence-corrected chi connectivity index (χ0v) is 17.6. The van der Waals surface area contributed by atoms with Crippen molar-refractivity contribution >= 4 is 17.5 Å². The van der Waals surface area contributed by atoms with Gasteiger partial charge in [-0.25, -0.2) is 0 Å². The van der Waals surface area contributed by atoms with E-state index in [-0.39, 0.29) is 12.5 Å². The number of piperidine rings is 1. The van der Waals surface area contributed by atoms with Gasteiger partial charge in [-0.1, -0.05) is 23.7 Å². The Labute approximate surface area is 177 Å². The number of hydrogen-bond donors (Lipinski definition) is 0. The van der Waals surface area contributed by atoms with Crippen LogP contribution >= 0.6 is 11.6 Å². The normalized spacial score (nSPS) is 23.8. The monoisotopic (exact) mass is 413 g/mol. The molecule has 2 heterocycles. The molecule has 2 fully saturated rings. The maximum absolute atomic E-state index is 12.7. The van der Waals surface area contributed by atoms with E-state index in [2.05, 4.69) is 29.1 Å². The first-order chi connectivity index (χ1) is 14.1. The topological polar surface area (TPSA) is 45.7 Å². The second kappa shape index (κ2) is 9.14. The molecule has 1 saturated heterocycles. The molecule has 6 heteroatoms. The van der Waals surface area contributed by atoms with E-state index in [0.29, 0.717) is 28.6 Å². The Balaban J connectivity index is 1.28. The van der Waals surface area contributed by atoms with Crippen LogP contribution in [0.4, 0.5) is 0 Å². The van der Waals surface area contributed by atoms with Crippen LogP contribution in [0, 0.1) is 11.8 Å². The number of benzene rings is 1. The Morgan fingerprint density at radius 3 is 2.76 bits per heavy atom. The van der Waals surface area contributed by atoms with Gasteiger partial charge in [-0.2, -0.15) is 0 Å². The summed E-state index contributed by atoms with van der Waals surface area (Å²) in [6.07, 6.45) is 7.17. The maximum Gasteiger partial charge on any atom is 0.260 e. The van der Waals surface area contributed by atoms with Gasteiger partial charge in [-0.3, -0.25) is 14.7 Å². The van der Waals surface area contributed by atoms with Crippen molar-refractivity contribution in [3.63, 3.8) is 0 Å². The van der Waals surface area contributed by atoms with Crippen molar-refractivity contribution in [2.24, 2.45) is 11.8 Å². The number of hydrogen-bond acceptors (Lipinski definition) is 4. The minimum absolute atomic E-state index is 0.0481. The first-order valence-corrected chi connectivity index (χ1v) is 10.7. The van der Waals surface area contributed by atoms with Gasteiger partial charge < -0.3 is 9.64 Å². The van der Waals surface area contributed by atoms with E-state index in [1.54, 1.807) is 12.1 Å². The molecule has 2 aliphatic rings. The Morgan fingerprint density at radius 2 is 1.97 bits per heavy atom. The van der Waals surface area contributed by atoms with E-state index in [1.165, 1.54) is 12.0 Å². The summed E-state index contributed by atoms with van der Waals surface area (Å²) in [6.45, 7) is 2.66. The first kappa shape index (κ1) is 20.2. The van der Waals surface area contributed by atoms with Crippen LogP contribution in [0.3, 0.4) is 0 Å². The second-order valence-electron chi connectivity index (χ2n) is 8.26. The minimum Gasteiger partial charge on any atom is -0.482 e. The van der Waals surface area contributed by atoms with Crippen LogP contribution in [0.2, 0.25) is 5.02 Å². The fraction of sp³-hybridized carbons (Fsp3) is 0.478. The van der Waals surface area contributed by atoms with Gasteiger partial charge in [-0.15, -0.1) is 0 Å². The number of ether oxygens (including phenoxy) is 1. The lowest BCUT2D eigenvalue weighted by molar-refractivity contribution is -0.135. The lowest BCUT2D eigenvalue weighted by atomic mass is 9.89. The molecule has 154 valence electrons. The Bertz CT molecular complexity index is 832. The number of nitrogens with zero attached hydrogens (tertiary/aromatic N) is 3. The van der Waals surface area contributed by atoms with Gasteiger partial charge in [0.2, 0.25) is 0 Å². The minimum atomic E-state index is 0.0481. The predicted molar refractivity (Wildman–Crippen MR) is 114 cm³/mol. The summed E-state index contributed by atoms with van der Waals surface area (Å²) in [6, 6.07) is 12.0. The second-order valence-corrected chi connectivity index (χ2v) is 8.67. The average Bonchev–Trinajstić information content (AvgIpc) is 3.17. The number of pyridine rings is 1. The molecule has 1 aliphatic heterocycles. The molecule has 0 unspecified atom stereocenters. The SMILES string of the molecule is CN(Cc1ccncc1)[C@H]1C[C@H]2CCN(C(=O)COc3ccccc3Cl)C[C@H]2C1. The largest absolute Gasteiger partial charge is 0.482 e. The third-order valence-electron chi connectivity index (χ3n) is 6.39. The van der Waals surface area contributed by atoms with Gasteiger partial charge in [0, 0.05) is 38.1 Å². The molecule has 0 N–H and O–H groups in total. The molecule has 1 aliphatic carbocycles. The number of para-hydroxylation sites is 1. The van der Waals surface area contributed by atoms with Gasteiger partial charge >= 0.3 is 0 Å². The molecule has 0 spiro atoms. The summed E-state index contributed by atoms with van der Waals surface area (Å²) in [7, 11) is 2.21. The number of carbonyl (C=O) groups is 1. The average molecular weight is 414 g/mol. The number of fused-ring (bicyclic) bond motifs is 1.